The Bertz CT molecular complexity index is 1040. The minimum Gasteiger partial charge on any atom is -0.492 e. The number of para-hydroxylation sites is 1. The highest BCUT2D eigenvalue weighted by Crippen LogP contribution is 2.30. The number of nitrogens with zero attached hydrogens (tertiary/aromatic N) is 2. The lowest BCUT2D eigenvalue weighted by Crippen LogP contribution is -2.47. The van der Waals surface area contributed by atoms with E-state index in [1.54, 1.807) is 30.3 Å². The molecule has 2 heterocycles. The van der Waals surface area contributed by atoms with Gasteiger partial charge in [0, 0.05) is 43.5 Å². The van der Waals surface area contributed by atoms with Crippen molar-refractivity contribution in [2.45, 2.75) is 45.8 Å². The third-order valence-electron chi connectivity index (χ3n) is 5.21. The molecule has 1 aromatic carbocycles. The number of hydrogen-bond acceptors (Lipinski definition) is 5. The summed E-state index contributed by atoms with van der Waals surface area (Å²) in [5.74, 6) is 0.863. The van der Waals surface area contributed by atoms with Gasteiger partial charge < -0.3 is 15.0 Å². The molecule has 0 spiro atoms. The molecule has 0 radical (unpaired) electrons. The fraction of sp³-hybridized carbons (Fsp3) is 0.375. The van der Waals surface area contributed by atoms with E-state index in [0.29, 0.717) is 36.3 Å². The largest absolute Gasteiger partial charge is 0.492 e. The predicted octanol–water partition coefficient (Wildman–Crippen LogP) is 4.44. The Kier molecular flexibility index (Phi) is 9.28. The standard InChI is InChI=1S/C24H29ClN4O3.ClH/c1-5-11-32-21-17(7-6-8-19(21)25)15-29(4)20(30)10-9-16-12-18-14-27-24(2,3)23(31)28-22(18)26-13-16;/h6-10,12-13,27H,5,11,14-15H2,1-4H3,(H,26,28,31);1H. The lowest BCUT2D eigenvalue weighted by molar-refractivity contribution is -0.125. The van der Waals surface area contributed by atoms with Gasteiger partial charge in [0.25, 0.3) is 0 Å². The summed E-state index contributed by atoms with van der Waals surface area (Å²) in [5, 5.41) is 6.59. The van der Waals surface area contributed by atoms with E-state index < -0.39 is 5.54 Å². The minimum atomic E-state index is -0.685. The molecule has 1 aliphatic heterocycles. The van der Waals surface area contributed by atoms with Gasteiger partial charge in [-0.15, -0.1) is 12.4 Å². The van der Waals surface area contributed by atoms with Crippen molar-refractivity contribution in [1.82, 2.24) is 15.2 Å². The van der Waals surface area contributed by atoms with Crippen LogP contribution in [-0.2, 0) is 22.7 Å². The monoisotopic (exact) mass is 492 g/mol. The molecule has 178 valence electrons. The summed E-state index contributed by atoms with van der Waals surface area (Å²) >= 11 is 6.28. The van der Waals surface area contributed by atoms with Gasteiger partial charge >= 0.3 is 0 Å². The molecule has 9 heteroatoms. The van der Waals surface area contributed by atoms with E-state index in [-0.39, 0.29) is 24.2 Å². The van der Waals surface area contributed by atoms with Crippen LogP contribution in [-0.4, -0.2) is 40.9 Å². The topological polar surface area (TPSA) is 83.6 Å². The zero-order chi connectivity index (χ0) is 23.3. The molecular formula is C24H30Cl2N4O3. The van der Waals surface area contributed by atoms with Crippen molar-refractivity contribution in [2.75, 3.05) is 19.0 Å². The van der Waals surface area contributed by atoms with Crippen LogP contribution >= 0.6 is 24.0 Å². The maximum Gasteiger partial charge on any atom is 0.246 e. The molecule has 0 saturated heterocycles. The highest BCUT2D eigenvalue weighted by molar-refractivity contribution is 6.32. The number of amides is 2. The zero-order valence-electron chi connectivity index (χ0n) is 19.3. The normalized spacial score (nSPS) is 14.6. The van der Waals surface area contributed by atoms with Crippen LogP contribution in [0.4, 0.5) is 5.82 Å². The first kappa shape index (κ1) is 26.6. The Morgan fingerprint density at radius 2 is 2.12 bits per heavy atom. The van der Waals surface area contributed by atoms with E-state index >= 15 is 0 Å². The molecule has 0 atom stereocenters. The van der Waals surface area contributed by atoms with Crippen LogP contribution in [0.3, 0.4) is 0 Å². The van der Waals surface area contributed by atoms with Gasteiger partial charge in [-0.1, -0.05) is 30.7 Å². The Morgan fingerprint density at radius 1 is 1.36 bits per heavy atom. The number of fused-ring (bicyclic) bond motifs is 1. The number of carbonyl (C=O) groups is 2. The van der Waals surface area contributed by atoms with Crippen LogP contribution in [0, 0.1) is 0 Å². The first-order valence-electron chi connectivity index (χ1n) is 10.6. The lowest BCUT2D eigenvalue weighted by atomic mass is 10.1. The number of rotatable bonds is 7. The molecule has 0 unspecified atom stereocenters. The molecule has 0 fully saturated rings. The predicted molar refractivity (Wildman–Crippen MR) is 134 cm³/mol. The van der Waals surface area contributed by atoms with Gasteiger partial charge in [-0.25, -0.2) is 4.98 Å². The summed E-state index contributed by atoms with van der Waals surface area (Å²) < 4.78 is 5.78. The summed E-state index contributed by atoms with van der Waals surface area (Å²) in [6.07, 6.45) is 5.73. The smallest absolute Gasteiger partial charge is 0.246 e. The number of hydrogen-bond donors (Lipinski definition) is 2. The van der Waals surface area contributed by atoms with Crippen LogP contribution in [0.25, 0.3) is 6.08 Å². The van der Waals surface area contributed by atoms with Crippen LogP contribution in [0.5, 0.6) is 5.75 Å². The average molecular weight is 493 g/mol. The highest BCUT2D eigenvalue weighted by Gasteiger charge is 2.30. The Labute approximate surface area is 206 Å². The Morgan fingerprint density at radius 3 is 2.85 bits per heavy atom. The van der Waals surface area contributed by atoms with E-state index in [0.717, 1.165) is 23.1 Å². The minimum absolute atomic E-state index is 0. The van der Waals surface area contributed by atoms with E-state index in [2.05, 4.69) is 15.6 Å². The zero-order valence-corrected chi connectivity index (χ0v) is 20.8. The van der Waals surface area contributed by atoms with Crippen LogP contribution < -0.4 is 15.4 Å². The van der Waals surface area contributed by atoms with Crippen molar-refractivity contribution in [3.63, 3.8) is 0 Å². The van der Waals surface area contributed by atoms with Crippen LogP contribution in [0.15, 0.2) is 36.5 Å². The number of nitrogens with one attached hydrogen (secondary N) is 2. The number of pyridine rings is 1. The molecule has 0 bridgehead atoms. The SMILES string of the molecule is CCCOc1c(Cl)cccc1CN(C)C(=O)C=Cc1cnc2c(c1)CNC(C)(C)C(=O)N2.Cl. The molecular weight excluding hydrogens is 463 g/mol. The maximum atomic E-state index is 12.7. The molecule has 3 rings (SSSR count). The second-order valence-electron chi connectivity index (χ2n) is 8.31. The van der Waals surface area contributed by atoms with Gasteiger partial charge in [-0.05, 0) is 44.0 Å². The Balaban J connectivity index is 0.00000385. The first-order valence-corrected chi connectivity index (χ1v) is 11.0. The fourth-order valence-corrected chi connectivity index (χ4v) is 3.45. The highest BCUT2D eigenvalue weighted by atomic mass is 35.5. The second kappa shape index (κ2) is 11.5. The summed E-state index contributed by atoms with van der Waals surface area (Å²) in [7, 11) is 1.73. The molecule has 1 aliphatic rings. The van der Waals surface area contributed by atoms with Crippen molar-refractivity contribution in [3.8, 4) is 5.75 Å². The van der Waals surface area contributed by atoms with Gasteiger partial charge in [0.2, 0.25) is 11.8 Å². The average Bonchev–Trinajstić information content (AvgIpc) is 2.87. The van der Waals surface area contributed by atoms with Crippen molar-refractivity contribution in [2.24, 2.45) is 0 Å². The van der Waals surface area contributed by atoms with Gasteiger partial charge in [0.15, 0.2) is 0 Å². The molecule has 2 N–H and O–H groups in total. The molecule has 33 heavy (non-hydrogen) atoms. The van der Waals surface area contributed by atoms with Gasteiger partial charge in [-0.3, -0.25) is 14.9 Å². The van der Waals surface area contributed by atoms with Gasteiger partial charge in [-0.2, -0.15) is 0 Å². The first-order chi connectivity index (χ1) is 15.2. The molecule has 1 aromatic heterocycles. The van der Waals surface area contributed by atoms with Gasteiger partial charge in [0.1, 0.15) is 11.6 Å². The van der Waals surface area contributed by atoms with E-state index in [1.165, 1.54) is 6.08 Å². The third kappa shape index (κ3) is 6.69. The number of carbonyl (C=O) groups excluding carboxylic acids is 2. The van der Waals surface area contributed by atoms with E-state index in [4.69, 9.17) is 16.3 Å². The van der Waals surface area contributed by atoms with E-state index in [1.807, 2.05) is 39.0 Å². The van der Waals surface area contributed by atoms with Crippen molar-refractivity contribution in [1.29, 1.82) is 0 Å². The second-order valence-corrected chi connectivity index (χ2v) is 8.72. The lowest BCUT2D eigenvalue weighted by Gasteiger charge is -2.21. The van der Waals surface area contributed by atoms with Crippen molar-refractivity contribution >= 4 is 47.7 Å². The maximum absolute atomic E-state index is 12.7. The summed E-state index contributed by atoms with van der Waals surface area (Å²) in [6, 6.07) is 7.44. The number of benzene rings is 1. The molecule has 7 nitrogen and oxygen atoms in total. The molecule has 2 amide bonds. The summed E-state index contributed by atoms with van der Waals surface area (Å²) in [4.78, 5) is 30.9. The van der Waals surface area contributed by atoms with Crippen LogP contribution in [0.2, 0.25) is 5.02 Å². The van der Waals surface area contributed by atoms with E-state index in [9.17, 15) is 9.59 Å². The number of aromatic nitrogens is 1. The molecule has 0 aliphatic carbocycles. The number of likely N-dealkylation sites (N-methyl/N-ethyl adjacent to an activating group) is 1. The number of halogens is 2. The summed E-state index contributed by atoms with van der Waals surface area (Å²) in [6.45, 7) is 7.10. The van der Waals surface area contributed by atoms with Crippen molar-refractivity contribution < 1.29 is 14.3 Å². The van der Waals surface area contributed by atoms with Gasteiger partial charge in [0.05, 0.1) is 17.2 Å². The molecule has 2 aromatic rings. The Hall–Kier alpha value is -2.61. The van der Waals surface area contributed by atoms with Crippen molar-refractivity contribution in [3.05, 3.63) is 58.3 Å². The fourth-order valence-electron chi connectivity index (χ4n) is 3.20. The van der Waals surface area contributed by atoms with Crippen LogP contribution in [0.1, 0.15) is 43.9 Å². The quantitative estimate of drug-likeness (QED) is 0.558. The molecule has 0 saturated carbocycles. The summed E-state index contributed by atoms with van der Waals surface area (Å²) in [5.41, 5.74) is 1.81. The third-order valence-corrected chi connectivity index (χ3v) is 5.51. The number of ether oxygens (including phenoxy) is 1. The number of anilines is 1.